The molecule has 0 bridgehead atoms. The molecule has 134 valence electrons. The molecule has 2 rings (SSSR count). The smallest absolute Gasteiger partial charge is 0.328 e. The zero-order valence-corrected chi connectivity index (χ0v) is 15.3. The minimum Gasteiger partial charge on any atom is -0.480 e. The summed E-state index contributed by atoms with van der Waals surface area (Å²) in [6, 6.07) is 6.75. The van der Waals surface area contributed by atoms with Gasteiger partial charge < -0.3 is 10.0 Å². The number of aliphatic carboxylic acids is 1. The molecule has 1 aromatic carbocycles. The Balaban J connectivity index is 2.45. The summed E-state index contributed by atoms with van der Waals surface area (Å²) < 4.78 is 1.39. The Hall–Kier alpha value is -2.63. The van der Waals surface area contributed by atoms with Crippen LogP contribution in [0.15, 0.2) is 36.7 Å². The molecule has 0 aliphatic carbocycles. The normalized spacial score (nSPS) is 12.4. The second kappa shape index (κ2) is 7.51. The molecule has 0 radical (unpaired) electrons. The average Bonchev–Trinajstić information content (AvgIpc) is 3.03. The van der Waals surface area contributed by atoms with Crippen LogP contribution in [0, 0.1) is 0 Å². The molecule has 0 aliphatic rings. The van der Waals surface area contributed by atoms with Crippen molar-refractivity contribution in [2.75, 3.05) is 0 Å². The Morgan fingerprint density at radius 1 is 1.08 bits per heavy atom. The van der Waals surface area contributed by atoms with E-state index < -0.39 is 12.0 Å². The van der Waals surface area contributed by atoms with E-state index in [-0.39, 0.29) is 18.0 Å². The first-order valence-electron chi connectivity index (χ1n) is 8.43. The van der Waals surface area contributed by atoms with Crippen molar-refractivity contribution in [1.82, 2.24) is 14.7 Å². The molecule has 6 heteroatoms. The molecule has 0 unspecified atom stereocenters. The van der Waals surface area contributed by atoms with Gasteiger partial charge in [-0.05, 0) is 46.2 Å². The largest absolute Gasteiger partial charge is 0.480 e. The Morgan fingerprint density at radius 3 is 2.24 bits per heavy atom. The van der Waals surface area contributed by atoms with Crippen LogP contribution in [-0.2, 0) is 4.79 Å². The third-order valence-corrected chi connectivity index (χ3v) is 4.17. The molecular formula is C19H25N3O3. The van der Waals surface area contributed by atoms with Crippen LogP contribution in [0.4, 0.5) is 0 Å². The Morgan fingerprint density at radius 2 is 1.68 bits per heavy atom. The van der Waals surface area contributed by atoms with E-state index in [0.717, 1.165) is 11.1 Å². The van der Waals surface area contributed by atoms with Crippen molar-refractivity contribution in [3.05, 3.63) is 42.2 Å². The van der Waals surface area contributed by atoms with E-state index >= 15 is 0 Å². The second-order valence-corrected chi connectivity index (χ2v) is 6.67. The molecule has 0 fully saturated rings. The molecule has 1 heterocycles. The van der Waals surface area contributed by atoms with Crippen molar-refractivity contribution in [3.63, 3.8) is 0 Å². The Labute approximate surface area is 148 Å². The van der Waals surface area contributed by atoms with E-state index in [1.165, 1.54) is 4.68 Å². The van der Waals surface area contributed by atoms with Gasteiger partial charge in [0.2, 0.25) is 0 Å². The lowest BCUT2D eigenvalue weighted by Crippen LogP contribution is -2.42. The van der Waals surface area contributed by atoms with Crippen LogP contribution in [-0.4, -0.2) is 43.7 Å². The Kier molecular flexibility index (Phi) is 5.62. The highest BCUT2D eigenvalue weighted by Crippen LogP contribution is 2.26. The van der Waals surface area contributed by atoms with Crippen LogP contribution in [0.3, 0.4) is 0 Å². The van der Waals surface area contributed by atoms with Gasteiger partial charge in [-0.1, -0.05) is 18.2 Å². The molecule has 25 heavy (non-hydrogen) atoms. The molecule has 1 aromatic heterocycles. The van der Waals surface area contributed by atoms with E-state index in [2.05, 4.69) is 5.10 Å². The molecular weight excluding hydrogens is 318 g/mol. The highest BCUT2D eigenvalue weighted by atomic mass is 16.4. The van der Waals surface area contributed by atoms with Crippen molar-refractivity contribution in [1.29, 1.82) is 0 Å². The maximum atomic E-state index is 13.1. The molecule has 1 N–H and O–H groups in total. The summed E-state index contributed by atoms with van der Waals surface area (Å²) in [5.74, 6) is -0.996. The van der Waals surface area contributed by atoms with E-state index in [1.807, 2.05) is 50.8 Å². The number of benzene rings is 1. The minimum absolute atomic E-state index is 0.0420. The SMILES string of the molecule is CC(C)N(C(=O)c1ccccc1-c1cnn([C@@H](C)C(=O)O)c1)C(C)C. The number of amides is 1. The zero-order valence-electron chi connectivity index (χ0n) is 15.3. The van der Waals surface area contributed by atoms with E-state index in [0.29, 0.717) is 5.56 Å². The fourth-order valence-corrected chi connectivity index (χ4v) is 2.93. The fraction of sp³-hybridized carbons (Fsp3) is 0.421. The molecule has 0 spiro atoms. The maximum Gasteiger partial charge on any atom is 0.328 e. The van der Waals surface area contributed by atoms with Gasteiger partial charge in [0, 0.05) is 29.4 Å². The highest BCUT2D eigenvalue weighted by molar-refractivity contribution is 6.01. The molecule has 0 saturated heterocycles. The van der Waals surface area contributed by atoms with Crippen LogP contribution < -0.4 is 0 Å². The van der Waals surface area contributed by atoms with Gasteiger partial charge >= 0.3 is 5.97 Å². The molecule has 1 atom stereocenters. The lowest BCUT2D eigenvalue weighted by Gasteiger charge is -2.31. The van der Waals surface area contributed by atoms with Crippen molar-refractivity contribution >= 4 is 11.9 Å². The number of hydrogen-bond donors (Lipinski definition) is 1. The standard InChI is InChI=1S/C19H25N3O3/c1-12(2)22(13(3)4)18(23)17-9-7-6-8-16(17)15-10-20-21(11-15)14(5)19(24)25/h6-14H,1-5H3,(H,24,25)/t14-/m0/s1. The minimum atomic E-state index is -0.954. The summed E-state index contributed by atoms with van der Waals surface area (Å²) >= 11 is 0. The van der Waals surface area contributed by atoms with E-state index in [9.17, 15) is 9.59 Å². The number of rotatable bonds is 6. The van der Waals surface area contributed by atoms with E-state index in [4.69, 9.17) is 5.11 Å². The number of carboxylic acid groups (broad SMARTS) is 1. The van der Waals surface area contributed by atoms with Gasteiger partial charge in [-0.15, -0.1) is 0 Å². The van der Waals surface area contributed by atoms with Crippen molar-refractivity contribution in [2.24, 2.45) is 0 Å². The highest BCUT2D eigenvalue weighted by Gasteiger charge is 2.24. The summed E-state index contributed by atoms with van der Waals surface area (Å²) in [7, 11) is 0. The van der Waals surface area contributed by atoms with Gasteiger partial charge in [-0.2, -0.15) is 5.10 Å². The monoisotopic (exact) mass is 343 g/mol. The maximum absolute atomic E-state index is 13.1. The predicted octanol–water partition coefficient (Wildman–Crippen LogP) is 3.45. The fourth-order valence-electron chi connectivity index (χ4n) is 2.93. The summed E-state index contributed by atoms with van der Waals surface area (Å²) in [6.45, 7) is 9.54. The number of nitrogens with zero attached hydrogens (tertiary/aromatic N) is 3. The van der Waals surface area contributed by atoms with Crippen molar-refractivity contribution in [2.45, 2.75) is 52.7 Å². The van der Waals surface area contributed by atoms with Crippen LogP contribution >= 0.6 is 0 Å². The zero-order chi connectivity index (χ0) is 18.7. The summed E-state index contributed by atoms with van der Waals surface area (Å²) in [6.07, 6.45) is 3.26. The lowest BCUT2D eigenvalue weighted by atomic mass is 10.0. The number of carboxylic acids is 1. The van der Waals surface area contributed by atoms with Crippen LogP contribution in [0.25, 0.3) is 11.1 Å². The van der Waals surface area contributed by atoms with Gasteiger partial charge in [0.15, 0.2) is 0 Å². The van der Waals surface area contributed by atoms with E-state index in [1.54, 1.807) is 25.4 Å². The molecule has 1 amide bonds. The predicted molar refractivity (Wildman–Crippen MR) is 96.5 cm³/mol. The number of hydrogen-bond acceptors (Lipinski definition) is 3. The third kappa shape index (κ3) is 3.90. The quantitative estimate of drug-likeness (QED) is 0.871. The van der Waals surface area contributed by atoms with Crippen LogP contribution in [0.1, 0.15) is 51.0 Å². The molecule has 2 aromatic rings. The number of carbonyl (C=O) groups is 2. The van der Waals surface area contributed by atoms with Gasteiger partial charge in [0.05, 0.1) is 6.20 Å². The summed E-state index contributed by atoms with van der Waals surface area (Å²) in [5.41, 5.74) is 2.07. The first-order valence-corrected chi connectivity index (χ1v) is 8.43. The van der Waals surface area contributed by atoms with Gasteiger partial charge in [0.25, 0.3) is 5.91 Å². The number of aromatic nitrogens is 2. The first-order chi connectivity index (χ1) is 11.7. The lowest BCUT2D eigenvalue weighted by molar-refractivity contribution is -0.140. The van der Waals surface area contributed by atoms with Crippen LogP contribution in [0.2, 0.25) is 0 Å². The molecule has 0 aliphatic heterocycles. The van der Waals surface area contributed by atoms with Crippen molar-refractivity contribution < 1.29 is 14.7 Å². The Bertz CT molecular complexity index is 757. The first kappa shape index (κ1) is 18.7. The average molecular weight is 343 g/mol. The molecule has 0 saturated carbocycles. The topological polar surface area (TPSA) is 75.4 Å². The second-order valence-electron chi connectivity index (χ2n) is 6.67. The molecule has 6 nitrogen and oxygen atoms in total. The van der Waals surface area contributed by atoms with Gasteiger partial charge in [0.1, 0.15) is 6.04 Å². The van der Waals surface area contributed by atoms with Crippen molar-refractivity contribution in [3.8, 4) is 11.1 Å². The third-order valence-electron chi connectivity index (χ3n) is 4.17. The van der Waals surface area contributed by atoms with Gasteiger partial charge in [-0.3, -0.25) is 9.48 Å². The number of carbonyl (C=O) groups excluding carboxylic acids is 1. The summed E-state index contributed by atoms with van der Waals surface area (Å²) in [5, 5.41) is 13.3. The van der Waals surface area contributed by atoms with Gasteiger partial charge in [-0.25, -0.2) is 4.79 Å². The van der Waals surface area contributed by atoms with Crippen LogP contribution in [0.5, 0.6) is 0 Å². The summed E-state index contributed by atoms with van der Waals surface area (Å²) in [4.78, 5) is 26.1.